The highest BCUT2D eigenvalue weighted by Gasteiger charge is 2.27. The van der Waals surface area contributed by atoms with Crippen LogP contribution in [0.4, 0.5) is 0 Å². The third-order valence-corrected chi connectivity index (χ3v) is 12.1. The molecule has 0 radical (unpaired) electrons. The van der Waals surface area contributed by atoms with Gasteiger partial charge in [-0.3, -0.25) is 4.55 Å². The van der Waals surface area contributed by atoms with E-state index < -0.39 is 39.5 Å². The third kappa shape index (κ3) is 9.21. The Labute approximate surface area is 348 Å². The van der Waals surface area contributed by atoms with Gasteiger partial charge < -0.3 is 29.2 Å². The van der Waals surface area contributed by atoms with Gasteiger partial charge in [-0.05, 0) is 184 Å². The molecule has 0 spiro atoms. The summed E-state index contributed by atoms with van der Waals surface area (Å²) in [4.78, 5) is 39.6. The van der Waals surface area contributed by atoms with Crippen molar-refractivity contribution in [1.82, 2.24) is 0 Å². The van der Waals surface area contributed by atoms with Crippen LogP contribution in [0.1, 0.15) is 31.1 Å². The molecule has 0 heterocycles. The average molecular weight is 1340 g/mol. The second-order valence-electron chi connectivity index (χ2n) is 8.93. The molecule has 0 aromatic heterocycles. The molecule has 12 nitrogen and oxygen atoms in total. The van der Waals surface area contributed by atoms with Crippen LogP contribution >= 0.6 is 136 Å². The Morgan fingerprint density at radius 2 is 1.04 bits per heavy atom. The minimum absolute atomic E-state index is 0.0673. The van der Waals surface area contributed by atoms with E-state index in [0.717, 1.165) is 12.1 Å². The van der Waals surface area contributed by atoms with Crippen LogP contribution in [0.15, 0.2) is 53.4 Å². The van der Waals surface area contributed by atoms with Crippen LogP contribution in [-0.2, 0) is 10.1 Å². The largest absolute Gasteiger partial charge is 0.506 e. The number of phenolic OH excluding ortho intramolecular Hbond substituents is 2. The lowest BCUT2D eigenvalue weighted by atomic mass is 10.1. The average Bonchev–Trinajstić information content (AvgIpc) is 2.95. The molecule has 3 N–H and O–H groups in total. The standard InChI is InChI=1S/C28H14I6O12S/c1-43-24-20(45-27(38)14-4-11(29)6-16(31)22(14)35)2-10(3-21(24)46-28(39)15-5-12(30)7-17(32)23(15)36)26(37)44-13-8-18(33)25(19(34)9-13)47(40,41)42/h2-9,35-36H,1H3,(H,40,41,42). The molecule has 0 aliphatic heterocycles. The Kier molecular flexibility index (Phi) is 13.1. The first kappa shape index (κ1) is 38.8. The zero-order valence-corrected chi connectivity index (χ0v) is 36.6. The second-order valence-corrected chi connectivity index (χ2v) is 17.4. The van der Waals surface area contributed by atoms with Crippen molar-refractivity contribution in [3.8, 4) is 34.5 Å². The maximum absolute atomic E-state index is 13.4. The third-order valence-electron chi connectivity index (χ3n) is 5.80. The number of hydrogen-bond acceptors (Lipinski definition) is 11. The molecule has 0 aliphatic rings. The SMILES string of the molecule is COc1c(OC(=O)c2cc(I)cc(I)c2O)cc(C(=O)Oc2cc(I)c(S(=O)(=O)O)c(I)c2)cc1OC(=O)c1cc(I)cc(I)c1O. The van der Waals surface area contributed by atoms with Crippen LogP contribution < -0.4 is 18.9 Å². The molecule has 0 saturated carbocycles. The highest BCUT2D eigenvalue weighted by atomic mass is 127. The van der Waals surface area contributed by atoms with E-state index in [0.29, 0.717) is 14.3 Å². The summed E-state index contributed by atoms with van der Waals surface area (Å²) in [6.07, 6.45) is 0. The van der Waals surface area contributed by atoms with E-state index in [1.807, 2.05) is 90.4 Å². The Morgan fingerprint density at radius 3 is 1.43 bits per heavy atom. The smallest absolute Gasteiger partial charge is 0.347 e. The molecule has 0 amide bonds. The Hall–Kier alpha value is -1.02. The van der Waals surface area contributed by atoms with E-state index in [9.17, 15) is 37.6 Å². The first-order valence-corrected chi connectivity index (χ1v) is 20.0. The maximum Gasteiger partial charge on any atom is 0.347 e. The quantitative estimate of drug-likeness (QED) is 0.0680. The molecule has 0 aliphatic carbocycles. The van der Waals surface area contributed by atoms with Gasteiger partial charge in [-0.25, -0.2) is 14.4 Å². The number of rotatable bonds is 8. The number of aromatic hydroxyl groups is 2. The molecule has 47 heavy (non-hydrogen) atoms. The summed E-state index contributed by atoms with van der Waals surface area (Å²) in [6.45, 7) is 0. The topological polar surface area (TPSA) is 183 Å². The summed E-state index contributed by atoms with van der Waals surface area (Å²) in [5.41, 5.74) is -0.698. The lowest BCUT2D eigenvalue weighted by Gasteiger charge is -2.16. The van der Waals surface area contributed by atoms with Crippen molar-refractivity contribution >= 4 is 164 Å². The predicted molar refractivity (Wildman–Crippen MR) is 217 cm³/mol. The Morgan fingerprint density at radius 1 is 0.617 bits per heavy atom. The zero-order valence-electron chi connectivity index (χ0n) is 22.8. The number of methoxy groups -OCH3 is 1. The number of halogens is 6. The normalized spacial score (nSPS) is 11.1. The maximum atomic E-state index is 13.4. The fourth-order valence-electron chi connectivity index (χ4n) is 3.81. The molecule has 0 bridgehead atoms. The molecule has 0 fully saturated rings. The molecular formula is C28H14I6O12S. The molecule has 246 valence electrons. The van der Waals surface area contributed by atoms with Crippen molar-refractivity contribution in [3.05, 3.63) is 86.6 Å². The highest BCUT2D eigenvalue weighted by Crippen LogP contribution is 2.41. The van der Waals surface area contributed by atoms with Crippen LogP contribution in [-0.4, -0.2) is 48.2 Å². The Bertz CT molecular complexity index is 1970. The van der Waals surface area contributed by atoms with E-state index in [4.69, 9.17) is 18.9 Å². The van der Waals surface area contributed by atoms with E-state index in [1.165, 1.54) is 31.4 Å². The number of esters is 3. The summed E-state index contributed by atoms with van der Waals surface area (Å²) >= 11 is 10.9. The minimum Gasteiger partial charge on any atom is -0.506 e. The predicted octanol–water partition coefficient (Wildman–Crippen LogP) is 7.64. The molecule has 4 rings (SSSR count). The van der Waals surface area contributed by atoms with Gasteiger partial charge in [-0.15, -0.1) is 0 Å². The van der Waals surface area contributed by atoms with E-state index in [-0.39, 0.29) is 51.7 Å². The Balaban J connectivity index is 1.82. The summed E-state index contributed by atoms with van der Waals surface area (Å²) < 4.78 is 57.2. The van der Waals surface area contributed by atoms with Crippen LogP contribution in [0.2, 0.25) is 0 Å². The molecule has 0 unspecified atom stereocenters. The molecule has 4 aromatic carbocycles. The van der Waals surface area contributed by atoms with Gasteiger partial charge in [0.1, 0.15) is 33.3 Å². The molecule has 0 saturated heterocycles. The van der Waals surface area contributed by atoms with Crippen molar-refractivity contribution in [1.29, 1.82) is 0 Å². The van der Waals surface area contributed by atoms with Gasteiger partial charge >= 0.3 is 17.9 Å². The summed E-state index contributed by atoms with van der Waals surface area (Å²) in [5, 5.41) is 21.0. The lowest BCUT2D eigenvalue weighted by Crippen LogP contribution is -2.15. The summed E-state index contributed by atoms with van der Waals surface area (Å²) in [7, 11) is -3.38. The monoisotopic (exact) mass is 1340 g/mol. The lowest BCUT2D eigenvalue weighted by molar-refractivity contribution is 0.0696. The number of ether oxygens (including phenoxy) is 4. The van der Waals surface area contributed by atoms with Gasteiger partial charge in [0, 0.05) is 14.3 Å². The van der Waals surface area contributed by atoms with Crippen LogP contribution in [0.25, 0.3) is 0 Å². The second kappa shape index (κ2) is 15.9. The van der Waals surface area contributed by atoms with Crippen LogP contribution in [0.5, 0.6) is 34.5 Å². The van der Waals surface area contributed by atoms with Gasteiger partial charge in [-0.1, -0.05) is 0 Å². The van der Waals surface area contributed by atoms with Gasteiger partial charge in [-0.2, -0.15) is 8.42 Å². The first-order chi connectivity index (χ1) is 21.9. The first-order valence-electron chi connectivity index (χ1n) is 12.1. The number of hydrogen-bond donors (Lipinski definition) is 3. The van der Waals surface area contributed by atoms with Crippen molar-refractivity contribution in [2.24, 2.45) is 0 Å². The summed E-state index contributed by atoms with van der Waals surface area (Å²) in [5.74, 6) is -4.98. The van der Waals surface area contributed by atoms with Crippen molar-refractivity contribution < 1.29 is 56.5 Å². The molecule has 0 atom stereocenters. The van der Waals surface area contributed by atoms with Crippen LogP contribution in [0.3, 0.4) is 0 Å². The highest BCUT2D eigenvalue weighted by molar-refractivity contribution is 14.1. The van der Waals surface area contributed by atoms with E-state index in [2.05, 4.69) is 0 Å². The van der Waals surface area contributed by atoms with Gasteiger partial charge in [0.2, 0.25) is 5.75 Å². The van der Waals surface area contributed by atoms with Crippen molar-refractivity contribution in [2.45, 2.75) is 4.90 Å². The number of benzene rings is 4. The van der Waals surface area contributed by atoms with E-state index >= 15 is 0 Å². The molecule has 19 heteroatoms. The van der Waals surface area contributed by atoms with Gasteiger partial charge in [0.15, 0.2) is 11.5 Å². The van der Waals surface area contributed by atoms with Crippen molar-refractivity contribution in [3.63, 3.8) is 0 Å². The zero-order chi connectivity index (χ0) is 35.0. The van der Waals surface area contributed by atoms with Gasteiger partial charge in [0.25, 0.3) is 10.1 Å². The van der Waals surface area contributed by atoms with Gasteiger partial charge in [0.05, 0.1) is 19.8 Å². The van der Waals surface area contributed by atoms with E-state index in [1.54, 1.807) is 57.3 Å². The molecular weight excluding hydrogens is 1320 g/mol. The van der Waals surface area contributed by atoms with Crippen molar-refractivity contribution in [2.75, 3.05) is 7.11 Å². The number of carbonyl (C=O) groups is 3. The molecule has 4 aromatic rings. The fourth-order valence-corrected chi connectivity index (χ4v) is 11.5. The van der Waals surface area contributed by atoms with Crippen LogP contribution in [0, 0.1) is 21.4 Å². The summed E-state index contributed by atoms with van der Waals surface area (Å²) in [6, 6.07) is 10.6. The fraction of sp³-hybridized carbons (Fsp3) is 0.0357. The number of phenols is 2. The minimum atomic E-state index is -4.57. The number of carbonyl (C=O) groups excluding carboxylic acids is 3.